The average molecular weight is 230 g/mol. The zero-order chi connectivity index (χ0) is 12.3. The molecular formula is C13H18N4. The molecule has 4 nitrogen and oxygen atoms in total. The third-order valence-corrected chi connectivity index (χ3v) is 2.83. The van der Waals surface area contributed by atoms with Crippen molar-refractivity contribution in [2.24, 2.45) is 12.8 Å². The molecule has 0 aromatic carbocycles. The highest BCUT2D eigenvalue weighted by Gasteiger charge is 2.07. The van der Waals surface area contributed by atoms with Crippen LogP contribution in [-0.4, -0.2) is 14.8 Å². The van der Waals surface area contributed by atoms with Gasteiger partial charge >= 0.3 is 0 Å². The lowest BCUT2D eigenvalue weighted by Gasteiger charge is -2.11. The molecule has 1 atom stereocenters. The first-order valence-electron chi connectivity index (χ1n) is 5.80. The summed E-state index contributed by atoms with van der Waals surface area (Å²) < 4.78 is 1.81. The molecule has 0 bridgehead atoms. The Morgan fingerprint density at radius 2 is 2.18 bits per heavy atom. The van der Waals surface area contributed by atoms with Gasteiger partial charge in [-0.25, -0.2) is 0 Å². The minimum absolute atomic E-state index is 0.0441. The number of hydrogen-bond donors (Lipinski definition) is 1. The summed E-state index contributed by atoms with van der Waals surface area (Å²) in [4.78, 5) is 4.17. The van der Waals surface area contributed by atoms with Crippen LogP contribution in [0.2, 0.25) is 0 Å². The quantitative estimate of drug-likeness (QED) is 0.870. The molecule has 90 valence electrons. The molecule has 17 heavy (non-hydrogen) atoms. The minimum atomic E-state index is 0.0441. The van der Waals surface area contributed by atoms with Crippen molar-refractivity contribution in [1.82, 2.24) is 14.8 Å². The van der Waals surface area contributed by atoms with Gasteiger partial charge in [0.05, 0.1) is 6.20 Å². The number of rotatable bonds is 4. The Morgan fingerprint density at radius 3 is 2.82 bits per heavy atom. The van der Waals surface area contributed by atoms with Crippen molar-refractivity contribution >= 4 is 0 Å². The van der Waals surface area contributed by atoms with Gasteiger partial charge in [-0.3, -0.25) is 9.67 Å². The molecule has 0 fully saturated rings. The SMILES string of the molecule is Cc1cncc(C(N)CCc2cnn(C)c2)c1. The third-order valence-electron chi connectivity index (χ3n) is 2.83. The van der Waals surface area contributed by atoms with Crippen molar-refractivity contribution in [1.29, 1.82) is 0 Å². The number of pyridine rings is 1. The largest absolute Gasteiger partial charge is 0.324 e. The lowest BCUT2D eigenvalue weighted by molar-refractivity contribution is 0.648. The molecule has 0 aliphatic carbocycles. The molecule has 2 heterocycles. The van der Waals surface area contributed by atoms with E-state index in [1.807, 2.05) is 43.4 Å². The maximum absolute atomic E-state index is 6.15. The van der Waals surface area contributed by atoms with Gasteiger partial charge in [0.2, 0.25) is 0 Å². The third kappa shape index (κ3) is 3.14. The van der Waals surface area contributed by atoms with Crippen molar-refractivity contribution in [3.05, 3.63) is 47.5 Å². The molecule has 0 aliphatic heterocycles. The fraction of sp³-hybridized carbons (Fsp3) is 0.385. The van der Waals surface area contributed by atoms with Gasteiger partial charge in [-0.1, -0.05) is 6.07 Å². The standard InChI is InChI=1S/C13H18N4/c1-10-5-12(8-15-6-10)13(14)4-3-11-7-16-17(2)9-11/h5-9,13H,3-4,14H2,1-2H3. The van der Waals surface area contributed by atoms with Gasteiger partial charge < -0.3 is 5.73 Å². The number of nitrogens with two attached hydrogens (primary N) is 1. The molecule has 4 heteroatoms. The zero-order valence-electron chi connectivity index (χ0n) is 10.3. The van der Waals surface area contributed by atoms with Crippen LogP contribution in [0.1, 0.15) is 29.2 Å². The van der Waals surface area contributed by atoms with E-state index in [9.17, 15) is 0 Å². The summed E-state index contributed by atoms with van der Waals surface area (Å²) in [6.07, 6.45) is 9.47. The van der Waals surface area contributed by atoms with Crippen molar-refractivity contribution < 1.29 is 0 Å². The van der Waals surface area contributed by atoms with E-state index in [0.717, 1.165) is 24.0 Å². The van der Waals surface area contributed by atoms with Crippen molar-refractivity contribution in [2.75, 3.05) is 0 Å². The smallest absolute Gasteiger partial charge is 0.0521 e. The first-order valence-corrected chi connectivity index (χ1v) is 5.80. The maximum atomic E-state index is 6.15. The van der Waals surface area contributed by atoms with Gasteiger partial charge in [0.1, 0.15) is 0 Å². The molecule has 0 saturated heterocycles. The summed E-state index contributed by atoms with van der Waals surface area (Å²) in [6.45, 7) is 2.03. The fourth-order valence-electron chi connectivity index (χ4n) is 1.87. The highest BCUT2D eigenvalue weighted by atomic mass is 15.2. The molecule has 2 aromatic heterocycles. The lowest BCUT2D eigenvalue weighted by atomic mass is 10.0. The number of aryl methyl sites for hydroxylation is 3. The van der Waals surface area contributed by atoms with E-state index in [4.69, 9.17) is 5.73 Å². The van der Waals surface area contributed by atoms with Crippen molar-refractivity contribution in [3.8, 4) is 0 Å². The first-order chi connectivity index (χ1) is 8.15. The molecule has 0 spiro atoms. The molecule has 2 aromatic rings. The molecule has 0 radical (unpaired) electrons. The molecule has 0 saturated carbocycles. The summed E-state index contributed by atoms with van der Waals surface area (Å²) in [5.41, 5.74) is 9.63. The topological polar surface area (TPSA) is 56.7 Å². The molecular weight excluding hydrogens is 212 g/mol. The normalized spacial score (nSPS) is 12.6. The van der Waals surface area contributed by atoms with Gasteiger partial charge in [-0.15, -0.1) is 0 Å². The van der Waals surface area contributed by atoms with Gasteiger partial charge in [0, 0.05) is 31.7 Å². The summed E-state index contributed by atoms with van der Waals surface area (Å²) >= 11 is 0. The van der Waals surface area contributed by atoms with E-state index in [1.165, 1.54) is 5.56 Å². The lowest BCUT2D eigenvalue weighted by Crippen LogP contribution is -2.11. The highest BCUT2D eigenvalue weighted by molar-refractivity contribution is 5.20. The zero-order valence-corrected chi connectivity index (χ0v) is 10.3. The van der Waals surface area contributed by atoms with E-state index in [0.29, 0.717) is 0 Å². The summed E-state index contributed by atoms with van der Waals surface area (Å²) in [7, 11) is 1.92. The fourth-order valence-corrected chi connectivity index (χ4v) is 1.87. The second-order valence-electron chi connectivity index (χ2n) is 4.46. The first kappa shape index (κ1) is 11.8. The Kier molecular flexibility index (Phi) is 3.54. The van der Waals surface area contributed by atoms with Gasteiger partial charge in [0.15, 0.2) is 0 Å². The maximum Gasteiger partial charge on any atom is 0.0521 e. The van der Waals surface area contributed by atoms with E-state index in [1.54, 1.807) is 0 Å². The number of nitrogens with zero attached hydrogens (tertiary/aromatic N) is 3. The van der Waals surface area contributed by atoms with Crippen LogP contribution in [-0.2, 0) is 13.5 Å². The average Bonchev–Trinajstić information content (AvgIpc) is 2.72. The minimum Gasteiger partial charge on any atom is -0.324 e. The second kappa shape index (κ2) is 5.10. The Balaban J connectivity index is 1.95. The summed E-state index contributed by atoms with van der Waals surface area (Å²) in [5.74, 6) is 0. The molecule has 1 unspecified atom stereocenters. The van der Waals surface area contributed by atoms with Crippen LogP contribution in [0.4, 0.5) is 0 Å². The van der Waals surface area contributed by atoms with Crippen LogP contribution in [0.15, 0.2) is 30.9 Å². The summed E-state index contributed by atoms with van der Waals surface area (Å²) in [5, 5.41) is 4.14. The van der Waals surface area contributed by atoms with Crippen molar-refractivity contribution in [3.63, 3.8) is 0 Å². The predicted octanol–water partition coefficient (Wildman–Crippen LogP) is 1.76. The second-order valence-corrected chi connectivity index (χ2v) is 4.46. The summed E-state index contributed by atoms with van der Waals surface area (Å²) in [6, 6.07) is 2.14. The predicted molar refractivity (Wildman–Crippen MR) is 67.4 cm³/mol. The Morgan fingerprint density at radius 1 is 1.35 bits per heavy atom. The molecule has 2 N–H and O–H groups in total. The Bertz CT molecular complexity index is 490. The van der Waals surface area contributed by atoms with E-state index in [2.05, 4.69) is 16.1 Å². The van der Waals surface area contributed by atoms with Gasteiger partial charge in [0.25, 0.3) is 0 Å². The molecule has 0 aliphatic rings. The Labute approximate surface area is 101 Å². The van der Waals surface area contributed by atoms with Crippen molar-refractivity contribution in [2.45, 2.75) is 25.8 Å². The highest BCUT2D eigenvalue weighted by Crippen LogP contribution is 2.16. The Hall–Kier alpha value is -1.68. The number of hydrogen-bond acceptors (Lipinski definition) is 3. The monoisotopic (exact) mass is 230 g/mol. The number of aromatic nitrogens is 3. The van der Waals surface area contributed by atoms with Crippen LogP contribution in [0.25, 0.3) is 0 Å². The van der Waals surface area contributed by atoms with Crippen LogP contribution >= 0.6 is 0 Å². The van der Waals surface area contributed by atoms with Gasteiger partial charge in [-0.2, -0.15) is 5.10 Å². The van der Waals surface area contributed by atoms with Crippen LogP contribution in [0, 0.1) is 6.92 Å². The van der Waals surface area contributed by atoms with Crippen LogP contribution in [0.3, 0.4) is 0 Å². The van der Waals surface area contributed by atoms with E-state index < -0.39 is 0 Å². The van der Waals surface area contributed by atoms with E-state index >= 15 is 0 Å². The molecule has 2 rings (SSSR count). The van der Waals surface area contributed by atoms with Gasteiger partial charge in [-0.05, 0) is 36.5 Å². The van der Waals surface area contributed by atoms with Crippen LogP contribution in [0.5, 0.6) is 0 Å². The van der Waals surface area contributed by atoms with Crippen LogP contribution < -0.4 is 5.73 Å². The van der Waals surface area contributed by atoms with E-state index in [-0.39, 0.29) is 6.04 Å². The molecule has 0 amide bonds.